The molecular weight excluding hydrogens is 519 g/mol. The molecule has 0 bridgehead atoms. The fourth-order valence-corrected chi connectivity index (χ4v) is 5.39. The lowest BCUT2D eigenvalue weighted by Gasteiger charge is -2.26. The summed E-state index contributed by atoms with van der Waals surface area (Å²) in [7, 11) is -3.42. The normalized spacial score (nSPS) is 15.6. The molecule has 2 heterocycles. The van der Waals surface area contributed by atoms with Crippen LogP contribution >= 0.6 is 35.3 Å². The highest BCUT2D eigenvalue weighted by Crippen LogP contribution is 2.21. The van der Waals surface area contributed by atoms with Crippen LogP contribution in [0.5, 0.6) is 0 Å². The van der Waals surface area contributed by atoms with Crippen molar-refractivity contribution in [2.45, 2.75) is 44.2 Å². The zero-order valence-electron chi connectivity index (χ0n) is 16.6. The number of hydrogen-bond donors (Lipinski definition) is 2. The van der Waals surface area contributed by atoms with Gasteiger partial charge in [0.05, 0.1) is 18.0 Å². The third-order valence-corrected chi connectivity index (χ3v) is 7.40. The number of benzene rings is 1. The molecule has 0 unspecified atom stereocenters. The molecule has 6 nitrogen and oxygen atoms in total. The maximum absolute atomic E-state index is 12.9. The molecule has 0 radical (unpaired) electrons. The lowest BCUT2D eigenvalue weighted by molar-refractivity contribution is 0.346. The number of piperidine rings is 1. The van der Waals surface area contributed by atoms with Gasteiger partial charge in [0, 0.05) is 24.5 Å². The smallest absolute Gasteiger partial charge is 0.243 e. The molecule has 1 saturated heterocycles. The van der Waals surface area contributed by atoms with E-state index < -0.39 is 10.0 Å². The van der Waals surface area contributed by atoms with Gasteiger partial charge in [-0.3, -0.25) is 0 Å². The first-order chi connectivity index (χ1) is 13.6. The summed E-state index contributed by atoms with van der Waals surface area (Å²) in [5.41, 5.74) is 0.881. The van der Waals surface area contributed by atoms with Gasteiger partial charge in [0.25, 0.3) is 0 Å². The quantitative estimate of drug-likeness (QED) is 0.314. The van der Waals surface area contributed by atoms with Crippen molar-refractivity contribution in [2.75, 3.05) is 19.6 Å². The lowest BCUT2D eigenvalue weighted by atomic mass is 10.2. The average Bonchev–Trinajstić information content (AvgIpc) is 3.24. The number of nitrogens with zero attached hydrogens (tertiary/aromatic N) is 2. The molecule has 0 spiro atoms. The van der Waals surface area contributed by atoms with Crippen molar-refractivity contribution in [3.63, 3.8) is 0 Å². The first kappa shape index (κ1) is 24.1. The summed E-state index contributed by atoms with van der Waals surface area (Å²) in [6, 6.07) is 11.2. The molecule has 29 heavy (non-hydrogen) atoms. The third kappa shape index (κ3) is 6.94. The zero-order valence-corrected chi connectivity index (χ0v) is 20.6. The van der Waals surface area contributed by atoms with E-state index in [2.05, 4.69) is 27.1 Å². The van der Waals surface area contributed by atoms with Crippen LogP contribution in [-0.2, 0) is 23.1 Å². The second kappa shape index (κ2) is 11.9. The van der Waals surface area contributed by atoms with Crippen LogP contribution in [0.1, 0.15) is 36.6 Å². The van der Waals surface area contributed by atoms with Crippen LogP contribution in [0, 0.1) is 0 Å². The Balaban J connectivity index is 0.00000300. The van der Waals surface area contributed by atoms with E-state index in [0.717, 1.165) is 37.3 Å². The van der Waals surface area contributed by atoms with Gasteiger partial charge in [0.2, 0.25) is 10.0 Å². The number of guanidine groups is 1. The average molecular weight is 549 g/mol. The van der Waals surface area contributed by atoms with Crippen molar-refractivity contribution < 1.29 is 8.42 Å². The van der Waals surface area contributed by atoms with Gasteiger partial charge in [-0.25, -0.2) is 13.4 Å². The minimum absolute atomic E-state index is 0. The van der Waals surface area contributed by atoms with Crippen LogP contribution in [0.4, 0.5) is 0 Å². The molecule has 9 heteroatoms. The minimum Gasteiger partial charge on any atom is -0.357 e. The Kier molecular flexibility index (Phi) is 9.87. The summed E-state index contributed by atoms with van der Waals surface area (Å²) in [6.07, 6.45) is 2.97. The van der Waals surface area contributed by atoms with Gasteiger partial charge in [-0.2, -0.15) is 4.31 Å². The largest absolute Gasteiger partial charge is 0.357 e. The first-order valence-corrected chi connectivity index (χ1v) is 12.0. The molecule has 1 aromatic heterocycles. The predicted octanol–water partition coefficient (Wildman–Crippen LogP) is 3.80. The Morgan fingerprint density at radius 1 is 1.14 bits per heavy atom. The fraction of sp³-hybridized carbons (Fsp3) is 0.450. The van der Waals surface area contributed by atoms with Crippen LogP contribution in [-0.4, -0.2) is 38.3 Å². The topological polar surface area (TPSA) is 73.8 Å². The maximum atomic E-state index is 12.9. The fourth-order valence-electron chi connectivity index (χ4n) is 3.15. The summed E-state index contributed by atoms with van der Waals surface area (Å²) >= 11 is 1.70. The predicted molar refractivity (Wildman–Crippen MR) is 130 cm³/mol. The van der Waals surface area contributed by atoms with Crippen molar-refractivity contribution in [1.82, 2.24) is 14.9 Å². The van der Waals surface area contributed by atoms with E-state index in [-0.39, 0.29) is 24.0 Å². The summed E-state index contributed by atoms with van der Waals surface area (Å²) in [6.45, 7) is 5.15. The van der Waals surface area contributed by atoms with E-state index in [1.54, 1.807) is 33.8 Å². The molecule has 160 valence electrons. The van der Waals surface area contributed by atoms with Crippen LogP contribution < -0.4 is 10.6 Å². The summed E-state index contributed by atoms with van der Waals surface area (Å²) in [5.74, 6) is 0.722. The van der Waals surface area contributed by atoms with E-state index >= 15 is 0 Å². The molecule has 0 atom stereocenters. The zero-order chi connectivity index (χ0) is 19.8. The monoisotopic (exact) mass is 548 g/mol. The number of sulfonamides is 1. The summed E-state index contributed by atoms with van der Waals surface area (Å²) < 4.78 is 27.4. The number of halogens is 1. The molecule has 1 aliphatic rings. The van der Waals surface area contributed by atoms with Crippen molar-refractivity contribution in [1.29, 1.82) is 0 Å². The molecule has 0 aliphatic carbocycles. The number of thiophene rings is 1. The Bertz CT molecular complexity index is 880. The van der Waals surface area contributed by atoms with E-state index in [1.165, 1.54) is 4.88 Å². The van der Waals surface area contributed by atoms with Crippen molar-refractivity contribution in [3.8, 4) is 0 Å². The van der Waals surface area contributed by atoms with E-state index in [9.17, 15) is 8.42 Å². The molecule has 1 aromatic carbocycles. The highest BCUT2D eigenvalue weighted by atomic mass is 127. The second-order valence-electron chi connectivity index (χ2n) is 6.74. The highest BCUT2D eigenvalue weighted by Gasteiger charge is 2.25. The van der Waals surface area contributed by atoms with Gasteiger partial charge in [0.15, 0.2) is 5.96 Å². The Hall–Kier alpha value is -1.17. The molecule has 0 saturated carbocycles. The van der Waals surface area contributed by atoms with Gasteiger partial charge in [0.1, 0.15) is 0 Å². The van der Waals surface area contributed by atoms with Crippen LogP contribution in [0.2, 0.25) is 0 Å². The van der Waals surface area contributed by atoms with E-state index in [4.69, 9.17) is 0 Å². The van der Waals surface area contributed by atoms with Crippen molar-refractivity contribution in [3.05, 3.63) is 52.2 Å². The molecule has 0 amide bonds. The SMILES string of the molecule is CCNC(=NCc1cccc(S(=O)(=O)N2CCCCC2)c1)NCc1cccs1.I. The minimum atomic E-state index is -3.42. The standard InChI is InChI=1S/C20H28N4O2S2.HI/c1-2-21-20(23-16-18-9-7-13-27-18)22-15-17-8-6-10-19(14-17)28(25,26)24-11-4-3-5-12-24;/h6-10,13-14H,2-5,11-12,15-16H2,1H3,(H2,21,22,23);1H. The first-order valence-electron chi connectivity index (χ1n) is 9.73. The molecule has 1 fully saturated rings. The second-order valence-corrected chi connectivity index (χ2v) is 9.71. The van der Waals surface area contributed by atoms with Gasteiger partial charge in [-0.1, -0.05) is 24.6 Å². The van der Waals surface area contributed by atoms with E-state index in [1.807, 2.05) is 19.1 Å². The molecule has 2 aromatic rings. The van der Waals surface area contributed by atoms with Crippen LogP contribution in [0.3, 0.4) is 0 Å². The lowest BCUT2D eigenvalue weighted by Crippen LogP contribution is -2.36. The summed E-state index contributed by atoms with van der Waals surface area (Å²) in [4.78, 5) is 6.21. The Morgan fingerprint density at radius 3 is 2.62 bits per heavy atom. The van der Waals surface area contributed by atoms with Crippen molar-refractivity contribution >= 4 is 51.3 Å². The van der Waals surface area contributed by atoms with Gasteiger partial charge in [-0.15, -0.1) is 35.3 Å². The summed E-state index contributed by atoms with van der Waals surface area (Å²) in [5, 5.41) is 8.59. The Morgan fingerprint density at radius 2 is 1.93 bits per heavy atom. The molecule has 2 N–H and O–H groups in total. The van der Waals surface area contributed by atoms with Gasteiger partial charge in [-0.05, 0) is 48.9 Å². The van der Waals surface area contributed by atoms with Crippen LogP contribution in [0.15, 0.2) is 51.7 Å². The maximum Gasteiger partial charge on any atom is 0.243 e. The number of hydrogen-bond acceptors (Lipinski definition) is 4. The molecule has 3 rings (SSSR count). The third-order valence-electron chi connectivity index (χ3n) is 4.63. The highest BCUT2D eigenvalue weighted by molar-refractivity contribution is 14.0. The number of aliphatic imine (C=N–C) groups is 1. The van der Waals surface area contributed by atoms with Gasteiger partial charge >= 0.3 is 0 Å². The molecule has 1 aliphatic heterocycles. The number of rotatable bonds is 7. The van der Waals surface area contributed by atoms with E-state index in [0.29, 0.717) is 31.1 Å². The number of nitrogens with one attached hydrogen (secondary N) is 2. The van der Waals surface area contributed by atoms with Crippen LogP contribution in [0.25, 0.3) is 0 Å². The van der Waals surface area contributed by atoms with Gasteiger partial charge < -0.3 is 10.6 Å². The Labute approximate surface area is 194 Å². The van der Waals surface area contributed by atoms with Crippen molar-refractivity contribution in [2.24, 2.45) is 4.99 Å². The molecular formula is C20H29IN4O2S2.